The van der Waals surface area contributed by atoms with Gasteiger partial charge in [0.05, 0.1) is 19.0 Å². The number of nitrogens with zero attached hydrogens (tertiary/aromatic N) is 2. The number of benzene rings is 1. The molecule has 0 spiro atoms. The molecule has 0 bridgehead atoms. The summed E-state index contributed by atoms with van der Waals surface area (Å²) in [5, 5.41) is 4.19. The van der Waals surface area contributed by atoms with Gasteiger partial charge in [-0.1, -0.05) is 6.07 Å². The standard InChI is InChI=1S/C12H14FN3O/c1-17-12-9(5-6-14)8-15-16(12)11-4-2-3-10(13)7-11/h2-4,7-8H,5-6,14H2,1H3. The fraction of sp³-hybridized carbons (Fsp3) is 0.250. The SMILES string of the molecule is COc1c(CCN)cnn1-c1cccc(F)c1. The van der Waals surface area contributed by atoms with Crippen molar-refractivity contribution in [1.82, 2.24) is 9.78 Å². The molecule has 2 rings (SSSR count). The first-order valence-corrected chi connectivity index (χ1v) is 5.33. The van der Waals surface area contributed by atoms with E-state index in [-0.39, 0.29) is 5.82 Å². The Morgan fingerprint density at radius 3 is 2.94 bits per heavy atom. The van der Waals surface area contributed by atoms with E-state index in [2.05, 4.69) is 5.10 Å². The van der Waals surface area contributed by atoms with Crippen LogP contribution in [0.25, 0.3) is 5.69 Å². The number of nitrogens with two attached hydrogens (primary N) is 1. The molecule has 1 heterocycles. The number of ether oxygens (including phenoxy) is 1. The van der Waals surface area contributed by atoms with Gasteiger partial charge < -0.3 is 10.5 Å². The molecule has 0 atom stereocenters. The molecule has 0 aliphatic rings. The van der Waals surface area contributed by atoms with E-state index in [1.807, 2.05) is 0 Å². The van der Waals surface area contributed by atoms with Crippen molar-refractivity contribution < 1.29 is 9.13 Å². The molecule has 0 saturated carbocycles. The zero-order valence-corrected chi connectivity index (χ0v) is 9.56. The quantitative estimate of drug-likeness (QED) is 0.874. The van der Waals surface area contributed by atoms with Crippen LogP contribution >= 0.6 is 0 Å². The minimum Gasteiger partial charge on any atom is -0.481 e. The number of rotatable bonds is 4. The van der Waals surface area contributed by atoms with Crippen LogP contribution in [0.5, 0.6) is 5.88 Å². The van der Waals surface area contributed by atoms with Crippen molar-refractivity contribution in [3.8, 4) is 11.6 Å². The summed E-state index contributed by atoms with van der Waals surface area (Å²) in [5.41, 5.74) is 7.05. The number of aromatic nitrogens is 2. The molecule has 0 amide bonds. The Morgan fingerprint density at radius 1 is 1.47 bits per heavy atom. The minimum absolute atomic E-state index is 0.305. The van der Waals surface area contributed by atoms with Crippen molar-refractivity contribution in [2.75, 3.05) is 13.7 Å². The summed E-state index contributed by atoms with van der Waals surface area (Å²) in [4.78, 5) is 0. The molecule has 0 fully saturated rings. The topological polar surface area (TPSA) is 53.1 Å². The van der Waals surface area contributed by atoms with Gasteiger partial charge in [0.2, 0.25) is 5.88 Å². The highest BCUT2D eigenvalue weighted by atomic mass is 19.1. The Bertz CT molecular complexity index is 510. The molecule has 0 aliphatic carbocycles. The third kappa shape index (κ3) is 2.29. The molecule has 17 heavy (non-hydrogen) atoms. The molecule has 0 saturated heterocycles. The Balaban J connectivity index is 2.45. The van der Waals surface area contributed by atoms with E-state index in [1.165, 1.54) is 12.1 Å². The van der Waals surface area contributed by atoms with Gasteiger partial charge in [0.25, 0.3) is 0 Å². The van der Waals surface area contributed by atoms with Crippen LogP contribution < -0.4 is 10.5 Å². The predicted octanol–water partition coefficient (Wildman–Crippen LogP) is 1.52. The molecule has 0 radical (unpaired) electrons. The third-order valence-corrected chi connectivity index (χ3v) is 2.46. The molecule has 2 N–H and O–H groups in total. The van der Waals surface area contributed by atoms with Crippen molar-refractivity contribution in [3.05, 3.63) is 41.8 Å². The van der Waals surface area contributed by atoms with Gasteiger partial charge in [-0.05, 0) is 31.2 Å². The lowest BCUT2D eigenvalue weighted by Gasteiger charge is -2.07. The second-order valence-electron chi connectivity index (χ2n) is 3.61. The molecule has 0 aliphatic heterocycles. The molecule has 5 heteroatoms. The molecule has 0 unspecified atom stereocenters. The highest BCUT2D eigenvalue weighted by Gasteiger charge is 2.12. The maximum absolute atomic E-state index is 13.1. The monoisotopic (exact) mass is 235 g/mol. The first-order chi connectivity index (χ1) is 8.26. The van der Waals surface area contributed by atoms with E-state index in [1.54, 1.807) is 30.1 Å². The minimum atomic E-state index is -0.305. The maximum atomic E-state index is 13.1. The third-order valence-electron chi connectivity index (χ3n) is 2.46. The fourth-order valence-electron chi connectivity index (χ4n) is 1.71. The van der Waals surface area contributed by atoms with Crippen LogP contribution in [0.1, 0.15) is 5.56 Å². The lowest BCUT2D eigenvalue weighted by Crippen LogP contribution is -2.05. The molecule has 4 nitrogen and oxygen atoms in total. The predicted molar refractivity (Wildman–Crippen MR) is 62.8 cm³/mol. The number of hydrogen-bond acceptors (Lipinski definition) is 3. The molecule has 2 aromatic rings. The van der Waals surface area contributed by atoms with Gasteiger partial charge in [-0.25, -0.2) is 9.07 Å². The van der Waals surface area contributed by atoms with Gasteiger partial charge in [0.1, 0.15) is 5.82 Å². The summed E-state index contributed by atoms with van der Waals surface area (Å²) in [6.07, 6.45) is 2.37. The largest absolute Gasteiger partial charge is 0.481 e. The van der Waals surface area contributed by atoms with E-state index in [9.17, 15) is 4.39 Å². The molecule has 1 aromatic heterocycles. The highest BCUT2D eigenvalue weighted by molar-refractivity contribution is 5.38. The average Bonchev–Trinajstić information content (AvgIpc) is 2.72. The summed E-state index contributed by atoms with van der Waals surface area (Å²) < 4.78 is 20.0. The molecule has 1 aromatic carbocycles. The summed E-state index contributed by atoms with van der Waals surface area (Å²) in [7, 11) is 1.56. The van der Waals surface area contributed by atoms with E-state index in [4.69, 9.17) is 10.5 Å². The van der Waals surface area contributed by atoms with Crippen LogP contribution in [0.4, 0.5) is 4.39 Å². The van der Waals surface area contributed by atoms with E-state index in [0.717, 1.165) is 5.56 Å². The summed E-state index contributed by atoms with van der Waals surface area (Å²) in [5.74, 6) is 0.293. The first-order valence-electron chi connectivity index (χ1n) is 5.33. The van der Waals surface area contributed by atoms with Crippen LogP contribution in [0.15, 0.2) is 30.5 Å². The van der Waals surface area contributed by atoms with Crippen molar-refractivity contribution in [2.24, 2.45) is 5.73 Å². The van der Waals surface area contributed by atoms with E-state index < -0.39 is 0 Å². The van der Waals surface area contributed by atoms with E-state index >= 15 is 0 Å². The second-order valence-corrected chi connectivity index (χ2v) is 3.61. The van der Waals surface area contributed by atoms with Gasteiger partial charge in [-0.15, -0.1) is 0 Å². The van der Waals surface area contributed by atoms with Crippen molar-refractivity contribution in [1.29, 1.82) is 0 Å². The second kappa shape index (κ2) is 4.97. The summed E-state index contributed by atoms with van der Waals surface area (Å²) >= 11 is 0. The van der Waals surface area contributed by atoms with Crippen molar-refractivity contribution in [3.63, 3.8) is 0 Å². The maximum Gasteiger partial charge on any atom is 0.219 e. The lowest BCUT2D eigenvalue weighted by molar-refractivity contribution is 0.379. The van der Waals surface area contributed by atoms with E-state index in [0.29, 0.717) is 24.5 Å². The lowest BCUT2D eigenvalue weighted by atomic mass is 10.2. The Morgan fingerprint density at radius 2 is 2.29 bits per heavy atom. The van der Waals surface area contributed by atoms with Crippen LogP contribution in [0.2, 0.25) is 0 Å². The van der Waals surface area contributed by atoms with Gasteiger partial charge in [-0.2, -0.15) is 5.10 Å². The average molecular weight is 235 g/mol. The molecular formula is C12H14FN3O. The highest BCUT2D eigenvalue weighted by Crippen LogP contribution is 2.22. The van der Waals surface area contributed by atoms with Crippen molar-refractivity contribution >= 4 is 0 Å². The van der Waals surface area contributed by atoms with Gasteiger partial charge in [0.15, 0.2) is 0 Å². The normalized spacial score (nSPS) is 10.5. The fourth-order valence-corrected chi connectivity index (χ4v) is 1.71. The Kier molecular flexibility index (Phi) is 3.39. The van der Waals surface area contributed by atoms with Crippen LogP contribution in [0, 0.1) is 5.82 Å². The van der Waals surface area contributed by atoms with Crippen LogP contribution in [0.3, 0.4) is 0 Å². The van der Waals surface area contributed by atoms with Gasteiger partial charge in [0, 0.05) is 5.56 Å². The number of methoxy groups -OCH3 is 1. The zero-order valence-electron chi connectivity index (χ0n) is 9.56. The zero-order chi connectivity index (χ0) is 12.3. The number of halogens is 1. The summed E-state index contributed by atoms with van der Waals surface area (Å²) in [6, 6.07) is 6.20. The van der Waals surface area contributed by atoms with Crippen molar-refractivity contribution in [2.45, 2.75) is 6.42 Å². The molecular weight excluding hydrogens is 221 g/mol. The first kappa shape index (κ1) is 11.6. The smallest absolute Gasteiger partial charge is 0.219 e. The Hall–Kier alpha value is -1.88. The van der Waals surface area contributed by atoms with Crippen LogP contribution in [-0.2, 0) is 6.42 Å². The van der Waals surface area contributed by atoms with Crippen LogP contribution in [-0.4, -0.2) is 23.4 Å². The van der Waals surface area contributed by atoms with Gasteiger partial charge >= 0.3 is 0 Å². The summed E-state index contributed by atoms with van der Waals surface area (Å²) in [6.45, 7) is 0.519. The number of hydrogen-bond donors (Lipinski definition) is 1. The van der Waals surface area contributed by atoms with Gasteiger partial charge in [-0.3, -0.25) is 0 Å². The Labute approximate surface area is 98.8 Å². The molecule has 90 valence electrons.